The highest BCUT2D eigenvalue weighted by Crippen LogP contribution is 2.27. The molecule has 0 spiro atoms. The standard InChI is InChI=1S/C22H20ClF3N4O2/c1-13(31)10-16(27)12-29-21(32)15-8-6-14(7-9-15)19(11-20(28)22(24,25)26)30-18-5-3-2-4-17(18)23/h2-9,27-28H,10-12H2,1H3,(H,29,32). The van der Waals surface area contributed by atoms with Crippen molar-refractivity contribution < 1.29 is 22.8 Å². The van der Waals surface area contributed by atoms with Gasteiger partial charge in [-0.1, -0.05) is 35.9 Å². The first-order valence-electron chi connectivity index (χ1n) is 9.38. The Hall–Kier alpha value is -3.33. The molecule has 168 valence electrons. The van der Waals surface area contributed by atoms with Crippen LogP contribution in [0.2, 0.25) is 5.02 Å². The summed E-state index contributed by atoms with van der Waals surface area (Å²) in [5.41, 5.74) is -0.677. The smallest absolute Gasteiger partial charge is 0.347 e. The van der Waals surface area contributed by atoms with E-state index >= 15 is 0 Å². The molecule has 0 saturated carbocycles. The second-order valence-electron chi connectivity index (χ2n) is 6.91. The number of nitrogens with zero attached hydrogens (tertiary/aromatic N) is 1. The Morgan fingerprint density at radius 1 is 1.00 bits per heavy atom. The molecule has 0 aliphatic rings. The number of amides is 1. The zero-order chi connectivity index (χ0) is 23.9. The number of hydrogen-bond donors (Lipinski definition) is 3. The summed E-state index contributed by atoms with van der Waals surface area (Å²) in [6.07, 6.45) is -5.64. The van der Waals surface area contributed by atoms with E-state index in [0.29, 0.717) is 5.56 Å². The summed E-state index contributed by atoms with van der Waals surface area (Å²) in [7, 11) is 0. The zero-order valence-corrected chi connectivity index (χ0v) is 17.8. The fourth-order valence-electron chi connectivity index (χ4n) is 2.63. The quantitative estimate of drug-likeness (QED) is 0.446. The van der Waals surface area contributed by atoms with Crippen LogP contribution >= 0.6 is 11.6 Å². The minimum Gasteiger partial charge on any atom is -0.347 e. The van der Waals surface area contributed by atoms with Gasteiger partial charge in [0.2, 0.25) is 0 Å². The lowest BCUT2D eigenvalue weighted by atomic mass is 10.0. The van der Waals surface area contributed by atoms with E-state index in [1.165, 1.54) is 37.3 Å². The fourth-order valence-corrected chi connectivity index (χ4v) is 2.81. The van der Waals surface area contributed by atoms with E-state index in [4.69, 9.17) is 22.4 Å². The van der Waals surface area contributed by atoms with Gasteiger partial charge in [-0.3, -0.25) is 14.6 Å². The van der Waals surface area contributed by atoms with Crippen LogP contribution in [0.4, 0.5) is 18.9 Å². The molecule has 0 aliphatic heterocycles. The molecule has 3 N–H and O–H groups in total. The molecule has 1 amide bonds. The van der Waals surface area contributed by atoms with Crippen LogP contribution in [-0.4, -0.2) is 41.5 Å². The summed E-state index contributed by atoms with van der Waals surface area (Å²) in [5, 5.41) is 17.7. The summed E-state index contributed by atoms with van der Waals surface area (Å²) < 4.78 is 38.8. The van der Waals surface area contributed by atoms with Gasteiger partial charge in [-0.05, 0) is 36.8 Å². The maximum atomic E-state index is 12.9. The van der Waals surface area contributed by atoms with E-state index in [0.717, 1.165) is 0 Å². The Kier molecular flexibility index (Phi) is 8.42. The number of Topliss-reactive ketones (excluding diaryl/α,β-unsaturated/α-hetero) is 1. The van der Waals surface area contributed by atoms with Crippen molar-refractivity contribution in [3.05, 3.63) is 64.7 Å². The van der Waals surface area contributed by atoms with Gasteiger partial charge in [-0.15, -0.1) is 0 Å². The monoisotopic (exact) mass is 464 g/mol. The molecule has 0 bridgehead atoms. The number of para-hydroxylation sites is 1. The molecule has 0 aromatic heterocycles. The Morgan fingerprint density at radius 2 is 1.59 bits per heavy atom. The topological polar surface area (TPSA) is 106 Å². The number of nitrogens with one attached hydrogen (secondary N) is 3. The van der Waals surface area contributed by atoms with Gasteiger partial charge in [0.15, 0.2) is 0 Å². The van der Waals surface area contributed by atoms with Gasteiger partial charge in [-0.25, -0.2) is 0 Å². The predicted octanol–water partition coefficient (Wildman–Crippen LogP) is 5.16. The van der Waals surface area contributed by atoms with Crippen molar-refractivity contribution in [3.8, 4) is 0 Å². The van der Waals surface area contributed by atoms with Gasteiger partial charge in [-0.2, -0.15) is 13.2 Å². The van der Waals surface area contributed by atoms with Gasteiger partial charge in [0.1, 0.15) is 11.5 Å². The van der Waals surface area contributed by atoms with Crippen molar-refractivity contribution in [2.45, 2.75) is 25.9 Å². The maximum absolute atomic E-state index is 12.9. The van der Waals surface area contributed by atoms with E-state index < -0.39 is 24.2 Å². The molecule has 10 heteroatoms. The third-order valence-electron chi connectivity index (χ3n) is 4.20. The highest BCUT2D eigenvalue weighted by molar-refractivity contribution is 6.33. The first kappa shape index (κ1) is 24.9. The van der Waals surface area contributed by atoms with Crippen LogP contribution in [0.25, 0.3) is 0 Å². The average molecular weight is 465 g/mol. The summed E-state index contributed by atoms with van der Waals surface area (Å²) in [4.78, 5) is 27.5. The number of benzene rings is 2. The Labute approximate surface area is 187 Å². The van der Waals surface area contributed by atoms with E-state index in [1.807, 2.05) is 0 Å². The number of halogens is 4. The third-order valence-corrected chi connectivity index (χ3v) is 4.52. The van der Waals surface area contributed by atoms with Crippen molar-refractivity contribution in [3.63, 3.8) is 0 Å². The molecule has 0 aliphatic carbocycles. The number of carbonyl (C=O) groups is 2. The van der Waals surface area contributed by atoms with Crippen LogP contribution in [0.3, 0.4) is 0 Å². The summed E-state index contributed by atoms with van der Waals surface area (Å²) in [6.45, 7) is 1.25. The number of carbonyl (C=O) groups excluding carboxylic acids is 2. The predicted molar refractivity (Wildman–Crippen MR) is 118 cm³/mol. The second kappa shape index (κ2) is 10.8. The minimum atomic E-state index is -4.80. The number of rotatable bonds is 9. The van der Waals surface area contributed by atoms with Gasteiger partial charge in [0, 0.05) is 24.1 Å². The number of ketones is 1. The van der Waals surface area contributed by atoms with Crippen molar-refractivity contribution in [1.82, 2.24) is 5.32 Å². The van der Waals surface area contributed by atoms with Gasteiger partial charge < -0.3 is 16.1 Å². The Balaban J connectivity index is 2.26. The fraction of sp³-hybridized carbons (Fsp3) is 0.227. The number of hydrogen-bond acceptors (Lipinski definition) is 5. The molecule has 0 saturated heterocycles. The van der Waals surface area contributed by atoms with Gasteiger partial charge in [0.05, 0.1) is 23.0 Å². The molecule has 0 heterocycles. The van der Waals surface area contributed by atoms with Crippen LogP contribution < -0.4 is 5.32 Å². The summed E-state index contributed by atoms with van der Waals surface area (Å²) in [6, 6.07) is 12.0. The molecule has 32 heavy (non-hydrogen) atoms. The Bertz CT molecular complexity index is 1060. The lowest BCUT2D eigenvalue weighted by Gasteiger charge is -2.12. The van der Waals surface area contributed by atoms with Crippen LogP contribution in [0.1, 0.15) is 35.7 Å². The molecule has 2 aromatic rings. The van der Waals surface area contributed by atoms with Gasteiger partial charge in [0.25, 0.3) is 5.91 Å². The molecule has 2 aromatic carbocycles. The van der Waals surface area contributed by atoms with Gasteiger partial charge >= 0.3 is 6.18 Å². The number of aliphatic imine (C=N–C) groups is 1. The highest BCUT2D eigenvalue weighted by atomic mass is 35.5. The summed E-state index contributed by atoms with van der Waals surface area (Å²) >= 11 is 6.07. The zero-order valence-electron chi connectivity index (χ0n) is 17.0. The van der Waals surface area contributed by atoms with E-state index in [9.17, 15) is 22.8 Å². The van der Waals surface area contributed by atoms with Crippen LogP contribution in [0, 0.1) is 10.8 Å². The normalized spacial score (nSPS) is 11.7. The first-order valence-corrected chi connectivity index (χ1v) is 9.76. The lowest BCUT2D eigenvalue weighted by molar-refractivity contribution is -0.115. The Morgan fingerprint density at radius 3 is 2.16 bits per heavy atom. The molecule has 0 fully saturated rings. The molecule has 0 atom stereocenters. The van der Waals surface area contributed by atoms with Crippen molar-refractivity contribution >= 4 is 46.1 Å². The van der Waals surface area contributed by atoms with Crippen molar-refractivity contribution in [2.75, 3.05) is 6.54 Å². The minimum absolute atomic E-state index is 0.0318. The largest absolute Gasteiger partial charge is 0.429 e. The molecule has 0 radical (unpaired) electrons. The average Bonchev–Trinajstić information content (AvgIpc) is 2.72. The molecule has 6 nitrogen and oxygen atoms in total. The van der Waals surface area contributed by atoms with Crippen molar-refractivity contribution in [1.29, 1.82) is 10.8 Å². The van der Waals surface area contributed by atoms with Crippen molar-refractivity contribution in [2.24, 2.45) is 4.99 Å². The summed E-state index contributed by atoms with van der Waals surface area (Å²) in [5.74, 6) is -0.694. The van der Waals surface area contributed by atoms with E-state index in [-0.39, 0.29) is 46.4 Å². The SMILES string of the molecule is CC(=O)CC(=N)CNC(=O)c1ccc(C(CC(=N)C(F)(F)F)=Nc2ccccc2Cl)cc1. The first-order chi connectivity index (χ1) is 15.0. The third kappa shape index (κ3) is 7.42. The number of alkyl halides is 3. The molecule has 2 rings (SSSR count). The van der Waals surface area contributed by atoms with Crippen LogP contribution in [0.5, 0.6) is 0 Å². The second-order valence-corrected chi connectivity index (χ2v) is 7.31. The maximum Gasteiger partial charge on any atom is 0.429 e. The van der Waals surface area contributed by atoms with E-state index in [1.54, 1.807) is 18.2 Å². The highest BCUT2D eigenvalue weighted by Gasteiger charge is 2.35. The molecular formula is C22H20ClF3N4O2. The molecular weight excluding hydrogens is 445 g/mol. The lowest BCUT2D eigenvalue weighted by Crippen LogP contribution is -2.30. The van der Waals surface area contributed by atoms with Crippen LogP contribution in [-0.2, 0) is 4.79 Å². The van der Waals surface area contributed by atoms with E-state index in [2.05, 4.69) is 10.3 Å². The molecule has 0 unspecified atom stereocenters. The van der Waals surface area contributed by atoms with Crippen LogP contribution in [0.15, 0.2) is 53.5 Å².